The van der Waals surface area contributed by atoms with Crippen molar-refractivity contribution in [2.45, 2.75) is 51.7 Å². The third-order valence-electron chi connectivity index (χ3n) is 7.53. The van der Waals surface area contributed by atoms with Crippen LogP contribution in [0.15, 0.2) is 118 Å². The van der Waals surface area contributed by atoms with E-state index in [1.165, 1.54) is 38.9 Å². The van der Waals surface area contributed by atoms with Gasteiger partial charge in [-0.3, -0.25) is 5.41 Å². The lowest BCUT2D eigenvalue weighted by Gasteiger charge is -2.24. The molecule has 2 aromatic carbocycles. The maximum absolute atomic E-state index is 10.2. The van der Waals surface area contributed by atoms with Crippen molar-refractivity contribution in [2.75, 3.05) is 18.5 Å². The van der Waals surface area contributed by atoms with Crippen molar-refractivity contribution in [3.8, 4) is 0 Å². The molecule has 5 nitrogen and oxygen atoms in total. The quantitative estimate of drug-likeness (QED) is 0.0936. The zero-order valence-electron chi connectivity index (χ0n) is 25.1. The molecule has 0 aromatic heterocycles. The number of thioether (sulfide) groups is 2. The van der Waals surface area contributed by atoms with Gasteiger partial charge in [0.2, 0.25) is 0 Å². The van der Waals surface area contributed by atoms with Crippen LogP contribution in [0.5, 0.6) is 0 Å². The number of aliphatic hydroxyl groups excluding tert-OH is 1. The molecule has 0 saturated heterocycles. The Balaban J connectivity index is 1.54. The lowest BCUT2D eigenvalue weighted by molar-refractivity contribution is 0.0995. The molecule has 4 rings (SSSR count). The van der Waals surface area contributed by atoms with E-state index in [9.17, 15) is 10.2 Å². The third-order valence-corrected chi connectivity index (χ3v) is 9.88. The Morgan fingerprint density at radius 3 is 2.53 bits per heavy atom. The van der Waals surface area contributed by atoms with E-state index in [0.29, 0.717) is 5.04 Å². The van der Waals surface area contributed by atoms with Crippen LogP contribution in [0, 0.1) is 11.3 Å². The van der Waals surface area contributed by atoms with Crippen LogP contribution in [0.25, 0.3) is 4.91 Å². The Morgan fingerprint density at radius 1 is 1.12 bits per heavy atom. The molecule has 0 saturated carbocycles. The van der Waals surface area contributed by atoms with Gasteiger partial charge in [0, 0.05) is 45.0 Å². The molecule has 2 atom stereocenters. The fraction of sp³-hybridized carbons (Fsp3) is 0.306. The number of benzene rings is 2. The molecule has 226 valence electrons. The van der Waals surface area contributed by atoms with E-state index in [1.54, 1.807) is 18.7 Å². The topological polar surface area (TPSA) is 102 Å². The zero-order chi connectivity index (χ0) is 30.8. The van der Waals surface area contributed by atoms with Crippen LogP contribution in [-0.2, 0) is 0 Å². The summed E-state index contributed by atoms with van der Waals surface area (Å²) in [4.78, 5) is 3.13. The maximum Gasteiger partial charge on any atom is 0.144 e. The van der Waals surface area contributed by atoms with Gasteiger partial charge in [0.15, 0.2) is 0 Å². The van der Waals surface area contributed by atoms with E-state index in [-0.39, 0.29) is 19.1 Å². The minimum Gasteiger partial charge on any atom is -0.396 e. The first-order valence-electron chi connectivity index (χ1n) is 14.9. The number of hydrogen-bond donors (Lipinski definition) is 5. The normalized spacial score (nSPS) is 17.6. The molecule has 43 heavy (non-hydrogen) atoms. The number of allylic oxidation sites excluding steroid dienone is 7. The Morgan fingerprint density at radius 2 is 1.86 bits per heavy atom. The molecule has 2 aliphatic rings. The van der Waals surface area contributed by atoms with E-state index in [1.807, 2.05) is 30.3 Å². The van der Waals surface area contributed by atoms with Crippen LogP contribution in [0.3, 0.4) is 0 Å². The summed E-state index contributed by atoms with van der Waals surface area (Å²) in [7, 11) is 0. The van der Waals surface area contributed by atoms with Gasteiger partial charge in [0.05, 0.1) is 5.04 Å². The molecule has 1 aliphatic heterocycles. The summed E-state index contributed by atoms with van der Waals surface area (Å²) in [5.41, 5.74) is 10.9. The summed E-state index contributed by atoms with van der Waals surface area (Å²) < 4.78 is 0. The van der Waals surface area contributed by atoms with Crippen LogP contribution in [-0.4, -0.2) is 34.1 Å². The van der Waals surface area contributed by atoms with Crippen LogP contribution >= 0.6 is 23.5 Å². The highest BCUT2D eigenvalue weighted by Crippen LogP contribution is 2.47. The van der Waals surface area contributed by atoms with E-state index >= 15 is 0 Å². The van der Waals surface area contributed by atoms with E-state index < -0.39 is 5.72 Å². The zero-order valence-corrected chi connectivity index (χ0v) is 26.7. The van der Waals surface area contributed by atoms with Crippen molar-refractivity contribution in [1.82, 2.24) is 0 Å². The highest BCUT2D eigenvalue weighted by Gasteiger charge is 2.22. The van der Waals surface area contributed by atoms with Crippen molar-refractivity contribution >= 4 is 39.2 Å². The molecule has 1 unspecified atom stereocenters. The summed E-state index contributed by atoms with van der Waals surface area (Å²) in [5, 5.41) is 32.4. The van der Waals surface area contributed by atoms with Crippen molar-refractivity contribution in [1.29, 1.82) is 5.41 Å². The molecule has 1 aliphatic carbocycles. The summed E-state index contributed by atoms with van der Waals surface area (Å²) >= 11 is 3.10. The Bertz CT molecular complexity index is 1450. The van der Waals surface area contributed by atoms with Gasteiger partial charge in [-0.2, -0.15) is 0 Å². The summed E-state index contributed by atoms with van der Waals surface area (Å²) in [6.07, 6.45) is 15.9. The van der Waals surface area contributed by atoms with Gasteiger partial charge in [0.1, 0.15) is 5.72 Å². The van der Waals surface area contributed by atoms with Crippen LogP contribution in [0.1, 0.15) is 57.1 Å². The second kappa shape index (κ2) is 15.6. The fourth-order valence-electron chi connectivity index (χ4n) is 5.12. The summed E-state index contributed by atoms with van der Waals surface area (Å²) in [6, 6.07) is 17.9. The smallest absolute Gasteiger partial charge is 0.144 e. The predicted molar refractivity (Wildman–Crippen MR) is 187 cm³/mol. The van der Waals surface area contributed by atoms with Crippen molar-refractivity contribution in [3.05, 3.63) is 129 Å². The Hall–Kier alpha value is -3.07. The highest BCUT2D eigenvalue weighted by molar-refractivity contribution is 8.20. The first kappa shape index (κ1) is 32.8. The fourth-order valence-corrected chi connectivity index (χ4v) is 7.19. The standard InChI is InChI=1S/C36H43N3O2S2/c1-4-10-30(23-40)26-13-8-14-27(18-17-26)32-15-9-16-33(43-34(32)28-11-6-5-7-12-28)25(2)42-35(38)29-19-21-31(22-20-29)39-36(3,41)24-37/h5-7,11-14,16-22,30,38-41H,2,4,8-10,15,23-24,37H2,1,3H3/t30-,36?/m1/s1. The van der Waals surface area contributed by atoms with Gasteiger partial charge in [-0.1, -0.05) is 116 Å². The van der Waals surface area contributed by atoms with Gasteiger partial charge in [0.25, 0.3) is 0 Å². The van der Waals surface area contributed by atoms with Crippen LogP contribution in [0.4, 0.5) is 5.69 Å². The second-order valence-corrected chi connectivity index (χ2v) is 13.2. The van der Waals surface area contributed by atoms with Gasteiger partial charge >= 0.3 is 0 Å². The molecular formula is C36H43N3O2S2. The first-order chi connectivity index (χ1) is 20.7. The summed E-state index contributed by atoms with van der Waals surface area (Å²) in [6.45, 7) is 8.44. The molecule has 6 N–H and O–H groups in total. The monoisotopic (exact) mass is 613 g/mol. The number of rotatable bonds is 12. The largest absolute Gasteiger partial charge is 0.396 e. The number of hydrogen-bond acceptors (Lipinski definition) is 7. The number of aliphatic hydroxyl groups is 2. The average molecular weight is 614 g/mol. The molecule has 0 radical (unpaired) electrons. The molecule has 7 heteroatoms. The first-order valence-corrected chi connectivity index (χ1v) is 16.5. The minimum atomic E-state index is -1.19. The van der Waals surface area contributed by atoms with Crippen molar-refractivity contribution in [3.63, 3.8) is 0 Å². The molecular weight excluding hydrogens is 571 g/mol. The molecule has 2 aromatic rings. The van der Waals surface area contributed by atoms with Crippen molar-refractivity contribution < 1.29 is 10.2 Å². The lowest BCUT2D eigenvalue weighted by atomic mass is 9.93. The molecule has 0 bridgehead atoms. The van der Waals surface area contributed by atoms with Crippen molar-refractivity contribution in [2.24, 2.45) is 11.7 Å². The van der Waals surface area contributed by atoms with Gasteiger partial charge < -0.3 is 21.3 Å². The second-order valence-electron chi connectivity index (χ2n) is 11.0. The summed E-state index contributed by atoms with van der Waals surface area (Å²) in [5.74, 6) is 0.178. The van der Waals surface area contributed by atoms with Gasteiger partial charge in [-0.15, -0.1) is 0 Å². The Kier molecular flexibility index (Phi) is 11.9. The lowest BCUT2D eigenvalue weighted by Crippen LogP contribution is -2.42. The molecule has 0 amide bonds. The number of nitrogens with one attached hydrogen (secondary N) is 2. The van der Waals surface area contributed by atoms with Gasteiger partial charge in [-0.05, 0) is 67.0 Å². The van der Waals surface area contributed by atoms with E-state index in [0.717, 1.165) is 53.2 Å². The SMILES string of the molecule is C=C(SC(=N)c1ccc(NC(C)(O)CN)cc1)C1=CCCC(C2=CCC=C([C@@H](CO)CCC)C=C2)=C(c2ccccc2)S1. The predicted octanol–water partition coefficient (Wildman–Crippen LogP) is 8.38. The molecule has 1 heterocycles. The highest BCUT2D eigenvalue weighted by atomic mass is 32.2. The third kappa shape index (κ3) is 8.97. The van der Waals surface area contributed by atoms with E-state index in [4.69, 9.17) is 11.1 Å². The molecule has 0 spiro atoms. The molecule has 0 fully saturated rings. The maximum atomic E-state index is 10.2. The number of anilines is 1. The van der Waals surface area contributed by atoms with Gasteiger partial charge in [-0.25, -0.2) is 0 Å². The average Bonchev–Trinajstić information content (AvgIpc) is 3.40. The minimum absolute atomic E-state index is 0.0861. The number of nitrogens with two attached hydrogens (primary N) is 1. The van der Waals surface area contributed by atoms with Crippen LogP contribution in [0.2, 0.25) is 0 Å². The van der Waals surface area contributed by atoms with Crippen LogP contribution < -0.4 is 11.1 Å². The Labute approximate surface area is 265 Å². The van der Waals surface area contributed by atoms with E-state index in [2.05, 4.69) is 73.5 Å².